The van der Waals surface area contributed by atoms with Crippen molar-refractivity contribution in [2.24, 2.45) is 0 Å². The van der Waals surface area contributed by atoms with Gasteiger partial charge in [0.05, 0.1) is 0 Å². The Bertz CT molecular complexity index is 604. The van der Waals surface area contributed by atoms with Gasteiger partial charge in [-0.15, -0.1) is 0 Å². The lowest BCUT2D eigenvalue weighted by Crippen LogP contribution is -2.36. The van der Waals surface area contributed by atoms with Crippen molar-refractivity contribution in [1.29, 1.82) is 0 Å². The Kier molecular flexibility index (Phi) is 6.14. The summed E-state index contributed by atoms with van der Waals surface area (Å²) in [5, 5.41) is 6.67. The number of nitrogens with one attached hydrogen (secondary N) is 2. The van der Waals surface area contributed by atoms with E-state index < -0.39 is 0 Å². The van der Waals surface area contributed by atoms with Crippen LogP contribution in [0.15, 0.2) is 53.0 Å². The third-order valence-corrected chi connectivity index (χ3v) is 3.77. The molecule has 0 unspecified atom stereocenters. The maximum atomic E-state index is 13.6. The first-order chi connectivity index (χ1) is 10.1. The van der Waals surface area contributed by atoms with Crippen LogP contribution in [-0.4, -0.2) is 11.7 Å². The van der Waals surface area contributed by atoms with E-state index in [4.69, 9.17) is 12.2 Å². The zero-order chi connectivity index (χ0) is 15.1. The highest BCUT2D eigenvalue weighted by Gasteiger charge is 2.03. The molecule has 2 aromatic rings. The molecule has 0 fully saturated rings. The quantitative estimate of drug-likeness (QED) is 0.787. The SMILES string of the molecule is Fc1ccc(Br)cc1CNC(=S)NCCc1ccccc1. The average molecular weight is 367 g/mol. The molecule has 0 saturated heterocycles. The van der Waals surface area contributed by atoms with Crippen molar-refractivity contribution in [3.05, 3.63) is 69.9 Å². The Balaban J connectivity index is 1.74. The van der Waals surface area contributed by atoms with Crippen molar-refractivity contribution in [2.45, 2.75) is 13.0 Å². The number of benzene rings is 2. The second-order valence-corrected chi connectivity index (χ2v) is 5.90. The van der Waals surface area contributed by atoms with Crippen molar-refractivity contribution in [1.82, 2.24) is 10.6 Å². The molecule has 0 saturated carbocycles. The van der Waals surface area contributed by atoms with E-state index >= 15 is 0 Å². The average Bonchev–Trinajstić information content (AvgIpc) is 2.49. The van der Waals surface area contributed by atoms with Crippen molar-refractivity contribution in [3.8, 4) is 0 Å². The van der Waals surface area contributed by atoms with Gasteiger partial charge in [0.2, 0.25) is 0 Å². The molecule has 2 aromatic carbocycles. The zero-order valence-electron chi connectivity index (χ0n) is 11.4. The molecular weight excluding hydrogens is 351 g/mol. The third-order valence-electron chi connectivity index (χ3n) is 2.99. The fourth-order valence-corrected chi connectivity index (χ4v) is 2.46. The van der Waals surface area contributed by atoms with Crippen LogP contribution < -0.4 is 10.6 Å². The Morgan fingerprint density at radius 2 is 1.86 bits per heavy atom. The smallest absolute Gasteiger partial charge is 0.166 e. The second kappa shape index (κ2) is 8.10. The van der Waals surface area contributed by atoms with Gasteiger partial charge in [-0.25, -0.2) is 4.39 Å². The molecule has 0 atom stereocenters. The van der Waals surface area contributed by atoms with Crippen LogP contribution in [0.1, 0.15) is 11.1 Å². The number of thiocarbonyl (C=S) groups is 1. The van der Waals surface area contributed by atoms with Gasteiger partial charge in [-0.2, -0.15) is 0 Å². The lowest BCUT2D eigenvalue weighted by molar-refractivity contribution is 0.605. The Labute approximate surface area is 137 Å². The van der Waals surface area contributed by atoms with Crippen molar-refractivity contribution >= 4 is 33.3 Å². The van der Waals surface area contributed by atoms with E-state index in [-0.39, 0.29) is 5.82 Å². The summed E-state index contributed by atoms with van der Waals surface area (Å²) in [4.78, 5) is 0. The normalized spacial score (nSPS) is 10.2. The van der Waals surface area contributed by atoms with Crippen molar-refractivity contribution in [3.63, 3.8) is 0 Å². The molecule has 0 aliphatic rings. The van der Waals surface area contributed by atoms with E-state index in [1.807, 2.05) is 18.2 Å². The van der Waals surface area contributed by atoms with E-state index in [0.29, 0.717) is 17.2 Å². The molecule has 2 rings (SSSR count). The van der Waals surface area contributed by atoms with Gasteiger partial charge < -0.3 is 10.6 Å². The van der Waals surface area contributed by atoms with Crippen LogP contribution in [0.2, 0.25) is 0 Å². The van der Waals surface area contributed by atoms with E-state index in [2.05, 4.69) is 38.7 Å². The first-order valence-electron chi connectivity index (χ1n) is 6.65. The number of halogens is 2. The summed E-state index contributed by atoms with van der Waals surface area (Å²) in [6, 6.07) is 15.0. The number of hydrogen-bond donors (Lipinski definition) is 2. The molecule has 0 heterocycles. The van der Waals surface area contributed by atoms with Crippen LogP contribution in [0.4, 0.5) is 4.39 Å². The van der Waals surface area contributed by atoms with E-state index in [0.717, 1.165) is 17.4 Å². The largest absolute Gasteiger partial charge is 0.362 e. The molecule has 110 valence electrons. The number of hydrogen-bond acceptors (Lipinski definition) is 1. The van der Waals surface area contributed by atoms with Gasteiger partial charge in [-0.1, -0.05) is 46.3 Å². The van der Waals surface area contributed by atoms with Gasteiger partial charge in [0.15, 0.2) is 5.11 Å². The minimum atomic E-state index is -0.238. The van der Waals surface area contributed by atoms with Crippen LogP contribution in [-0.2, 0) is 13.0 Å². The summed E-state index contributed by atoms with van der Waals surface area (Å²) in [5.41, 5.74) is 1.84. The molecule has 0 radical (unpaired) electrons. The van der Waals surface area contributed by atoms with Crippen molar-refractivity contribution < 1.29 is 4.39 Å². The van der Waals surface area contributed by atoms with Gasteiger partial charge >= 0.3 is 0 Å². The fourth-order valence-electron chi connectivity index (χ4n) is 1.88. The van der Waals surface area contributed by atoms with Crippen LogP contribution in [0, 0.1) is 5.82 Å². The summed E-state index contributed by atoms with van der Waals surface area (Å²) in [7, 11) is 0. The lowest BCUT2D eigenvalue weighted by atomic mass is 10.1. The van der Waals surface area contributed by atoms with Gasteiger partial charge in [0, 0.05) is 23.1 Å². The molecule has 2 nitrogen and oxygen atoms in total. The highest BCUT2D eigenvalue weighted by molar-refractivity contribution is 9.10. The minimum Gasteiger partial charge on any atom is -0.362 e. The zero-order valence-corrected chi connectivity index (χ0v) is 13.8. The molecule has 0 aliphatic heterocycles. The summed E-state index contributed by atoms with van der Waals surface area (Å²) in [6.07, 6.45) is 0.897. The molecule has 0 amide bonds. The number of rotatable bonds is 5. The Hall–Kier alpha value is -1.46. The maximum Gasteiger partial charge on any atom is 0.166 e. The monoisotopic (exact) mass is 366 g/mol. The molecule has 0 aromatic heterocycles. The van der Waals surface area contributed by atoms with E-state index in [1.54, 1.807) is 12.1 Å². The van der Waals surface area contributed by atoms with Crippen molar-refractivity contribution in [2.75, 3.05) is 6.54 Å². The van der Waals surface area contributed by atoms with Gasteiger partial charge in [0.25, 0.3) is 0 Å². The van der Waals surface area contributed by atoms with Crippen LogP contribution in [0.3, 0.4) is 0 Å². The third kappa shape index (κ3) is 5.44. The molecule has 5 heteroatoms. The topological polar surface area (TPSA) is 24.1 Å². The Morgan fingerprint density at radius 3 is 2.62 bits per heavy atom. The Morgan fingerprint density at radius 1 is 1.10 bits per heavy atom. The summed E-state index contributed by atoms with van der Waals surface area (Å²) >= 11 is 8.52. The molecule has 21 heavy (non-hydrogen) atoms. The first kappa shape index (κ1) is 15.9. The molecule has 2 N–H and O–H groups in total. The van der Waals surface area contributed by atoms with Gasteiger partial charge in [0.1, 0.15) is 5.82 Å². The standard InChI is InChI=1S/C16H16BrFN2S/c17-14-6-7-15(18)13(10-14)11-20-16(21)19-9-8-12-4-2-1-3-5-12/h1-7,10H,8-9,11H2,(H2,19,20,21). The maximum absolute atomic E-state index is 13.6. The lowest BCUT2D eigenvalue weighted by Gasteiger charge is -2.11. The first-order valence-corrected chi connectivity index (χ1v) is 7.85. The van der Waals surface area contributed by atoms with Crippen LogP contribution in [0.25, 0.3) is 0 Å². The predicted octanol–water partition coefficient (Wildman–Crippen LogP) is 3.80. The summed E-state index contributed by atoms with van der Waals surface area (Å²) in [6.45, 7) is 1.11. The van der Waals surface area contributed by atoms with Crippen LogP contribution >= 0.6 is 28.1 Å². The molecule has 0 aliphatic carbocycles. The van der Waals surface area contributed by atoms with E-state index in [9.17, 15) is 4.39 Å². The molecule has 0 spiro atoms. The van der Waals surface area contributed by atoms with E-state index in [1.165, 1.54) is 11.6 Å². The molecular formula is C16H16BrFN2S. The van der Waals surface area contributed by atoms with Crippen LogP contribution in [0.5, 0.6) is 0 Å². The summed E-state index contributed by atoms with van der Waals surface area (Å²) < 4.78 is 14.4. The fraction of sp³-hybridized carbons (Fsp3) is 0.188. The highest BCUT2D eigenvalue weighted by atomic mass is 79.9. The highest BCUT2D eigenvalue weighted by Crippen LogP contribution is 2.15. The van der Waals surface area contributed by atoms with Gasteiger partial charge in [-0.05, 0) is 42.4 Å². The second-order valence-electron chi connectivity index (χ2n) is 4.58. The minimum absolute atomic E-state index is 0.238. The van der Waals surface area contributed by atoms with Gasteiger partial charge in [-0.3, -0.25) is 0 Å². The molecule has 0 bridgehead atoms. The predicted molar refractivity (Wildman–Crippen MR) is 91.7 cm³/mol. The summed E-state index contributed by atoms with van der Waals surface area (Å²) in [5.74, 6) is -0.238.